The minimum absolute atomic E-state index is 0.0347. The van der Waals surface area contributed by atoms with Gasteiger partial charge in [-0.2, -0.15) is 0 Å². The number of nitrogens with zero attached hydrogens (tertiary/aromatic N) is 1. The quantitative estimate of drug-likeness (QED) is 0.636. The molecule has 0 atom stereocenters. The van der Waals surface area contributed by atoms with E-state index in [0.29, 0.717) is 6.04 Å². The lowest BCUT2D eigenvalue weighted by molar-refractivity contribution is -0.384. The third kappa shape index (κ3) is 3.63. The van der Waals surface area contributed by atoms with Crippen molar-refractivity contribution in [2.45, 2.75) is 45.6 Å². The van der Waals surface area contributed by atoms with E-state index >= 15 is 0 Å². The molecule has 1 saturated carbocycles. The summed E-state index contributed by atoms with van der Waals surface area (Å²) in [6.45, 7) is 4.56. The van der Waals surface area contributed by atoms with E-state index in [4.69, 9.17) is 11.6 Å². The zero-order chi connectivity index (χ0) is 14.7. The molecule has 0 heterocycles. The van der Waals surface area contributed by atoms with Gasteiger partial charge in [0.1, 0.15) is 5.02 Å². The van der Waals surface area contributed by atoms with Crippen molar-refractivity contribution in [3.8, 4) is 0 Å². The van der Waals surface area contributed by atoms with Gasteiger partial charge >= 0.3 is 0 Å². The van der Waals surface area contributed by atoms with Crippen LogP contribution in [-0.2, 0) is 0 Å². The highest BCUT2D eigenvalue weighted by molar-refractivity contribution is 6.32. The summed E-state index contributed by atoms with van der Waals surface area (Å²) in [7, 11) is 0. The van der Waals surface area contributed by atoms with E-state index in [1.807, 2.05) is 6.07 Å². The minimum atomic E-state index is -0.441. The first-order valence-electron chi connectivity index (χ1n) is 7.18. The van der Waals surface area contributed by atoms with Crippen molar-refractivity contribution in [1.29, 1.82) is 0 Å². The zero-order valence-corrected chi connectivity index (χ0v) is 12.7. The van der Waals surface area contributed by atoms with E-state index in [9.17, 15) is 10.1 Å². The number of hydrogen-bond donors (Lipinski definition) is 1. The Bertz CT molecular complexity index is 483. The Hall–Kier alpha value is -1.29. The van der Waals surface area contributed by atoms with Crippen LogP contribution in [-0.4, -0.2) is 11.0 Å². The molecule has 0 amide bonds. The molecule has 0 aromatic heterocycles. The molecule has 0 unspecified atom stereocenters. The number of nitro groups is 1. The van der Waals surface area contributed by atoms with Crippen LogP contribution in [0.4, 0.5) is 11.4 Å². The number of nitrogens with one attached hydrogen (secondary N) is 1. The number of halogens is 1. The van der Waals surface area contributed by atoms with Crippen molar-refractivity contribution in [2.24, 2.45) is 11.8 Å². The van der Waals surface area contributed by atoms with Gasteiger partial charge in [0.05, 0.1) is 4.92 Å². The molecule has 20 heavy (non-hydrogen) atoms. The summed E-state index contributed by atoms with van der Waals surface area (Å²) in [4.78, 5) is 10.4. The van der Waals surface area contributed by atoms with E-state index in [1.165, 1.54) is 18.9 Å². The Kier molecular flexibility index (Phi) is 4.86. The van der Waals surface area contributed by atoms with Crippen molar-refractivity contribution in [1.82, 2.24) is 0 Å². The summed E-state index contributed by atoms with van der Waals surface area (Å²) in [5, 5.41) is 14.5. The number of rotatable bonds is 4. The average molecular weight is 297 g/mol. The largest absolute Gasteiger partial charge is 0.382 e. The Morgan fingerprint density at radius 2 is 1.95 bits per heavy atom. The van der Waals surface area contributed by atoms with Crippen LogP contribution in [0.15, 0.2) is 18.2 Å². The summed E-state index contributed by atoms with van der Waals surface area (Å²) < 4.78 is 0. The average Bonchev–Trinajstić information content (AvgIpc) is 2.41. The Balaban J connectivity index is 1.98. The SMILES string of the molecule is CC(C)C1CCC(Nc2ccc(Cl)c([N+](=O)[O-])c2)CC1. The van der Waals surface area contributed by atoms with Gasteiger partial charge in [0.15, 0.2) is 0 Å². The lowest BCUT2D eigenvalue weighted by Crippen LogP contribution is -2.27. The van der Waals surface area contributed by atoms with Crippen molar-refractivity contribution in [3.05, 3.63) is 33.3 Å². The van der Waals surface area contributed by atoms with Crippen molar-refractivity contribution < 1.29 is 4.92 Å². The molecule has 1 fully saturated rings. The molecule has 0 spiro atoms. The summed E-state index contributed by atoms with van der Waals surface area (Å²) in [6.07, 6.45) is 4.70. The summed E-state index contributed by atoms with van der Waals surface area (Å²) in [5.74, 6) is 1.56. The smallest absolute Gasteiger partial charge is 0.289 e. The molecule has 4 nitrogen and oxygen atoms in total. The molecule has 5 heteroatoms. The van der Waals surface area contributed by atoms with Crippen LogP contribution in [0.1, 0.15) is 39.5 Å². The molecule has 0 bridgehead atoms. The standard InChI is InChI=1S/C15H21ClN2O2/c1-10(2)11-3-5-12(6-4-11)17-13-7-8-14(16)15(9-13)18(19)20/h7-12,17H,3-6H2,1-2H3. The van der Waals surface area contributed by atoms with Gasteiger partial charge in [-0.3, -0.25) is 10.1 Å². The Labute approximate surface area is 124 Å². The first-order valence-corrected chi connectivity index (χ1v) is 7.55. The highest BCUT2D eigenvalue weighted by Gasteiger charge is 2.23. The highest BCUT2D eigenvalue weighted by Crippen LogP contribution is 2.33. The van der Waals surface area contributed by atoms with Gasteiger partial charge in [-0.25, -0.2) is 0 Å². The molecular weight excluding hydrogens is 276 g/mol. The van der Waals surface area contributed by atoms with Gasteiger partial charge in [-0.05, 0) is 49.7 Å². The fourth-order valence-electron chi connectivity index (χ4n) is 2.91. The van der Waals surface area contributed by atoms with Crippen LogP contribution >= 0.6 is 11.6 Å². The highest BCUT2D eigenvalue weighted by atomic mass is 35.5. The van der Waals surface area contributed by atoms with Crippen molar-refractivity contribution in [3.63, 3.8) is 0 Å². The molecule has 1 aromatic rings. The maximum Gasteiger partial charge on any atom is 0.289 e. The summed E-state index contributed by atoms with van der Waals surface area (Å²) in [5.41, 5.74) is 0.752. The maximum atomic E-state index is 10.9. The lowest BCUT2D eigenvalue weighted by Gasteiger charge is -2.31. The number of benzene rings is 1. The molecule has 1 N–H and O–H groups in total. The number of anilines is 1. The van der Waals surface area contributed by atoms with Gasteiger partial charge in [0, 0.05) is 17.8 Å². The van der Waals surface area contributed by atoms with Gasteiger partial charge in [0.2, 0.25) is 0 Å². The van der Waals surface area contributed by atoms with E-state index in [-0.39, 0.29) is 10.7 Å². The zero-order valence-electron chi connectivity index (χ0n) is 11.9. The van der Waals surface area contributed by atoms with E-state index in [2.05, 4.69) is 19.2 Å². The van der Waals surface area contributed by atoms with Gasteiger partial charge in [-0.1, -0.05) is 25.4 Å². The topological polar surface area (TPSA) is 55.2 Å². The fourth-order valence-corrected chi connectivity index (χ4v) is 3.09. The van der Waals surface area contributed by atoms with E-state index < -0.39 is 4.92 Å². The first kappa shape index (κ1) is 15.1. The van der Waals surface area contributed by atoms with Crippen LogP contribution in [0.5, 0.6) is 0 Å². The number of hydrogen-bond acceptors (Lipinski definition) is 3. The number of nitro benzene ring substituents is 1. The normalized spacial score (nSPS) is 22.8. The molecule has 0 saturated heterocycles. The van der Waals surface area contributed by atoms with Crippen LogP contribution in [0.3, 0.4) is 0 Å². The maximum absolute atomic E-state index is 10.9. The lowest BCUT2D eigenvalue weighted by atomic mass is 9.79. The van der Waals surface area contributed by atoms with Crippen LogP contribution in [0.25, 0.3) is 0 Å². The molecule has 1 aliphatic rings. The van der Waals surface area contributed by atoms with Crippen LogP contribution < -0.4 is 5.32 Å². The Morgan fingerprint density at radius 3 is 2.50 bits per heavy atom. The second kappa shape index (κ2) is 6.44. The van der Waals surface area contributed by atoms with Crippen LogP contribution in [0, 0.1) is 22.0 Å². The molecule has 0 radical (unpaired) electrons. The van der Waals surface area contributed by atoms with Crippen molar-refractivity contribution >= 4 is 23.0 Å². The predicted molar refractivity (Wildman–Crippen MR) is 82.3 cm³/mol. The third-order valence-electron chi connectivity index (χ3n) is 4.23. The molecule has 2 rings (SSSR count). The third-order valence-corrected chi connectivity index (χ3v) is 4.55. The minimum Gasteiger partial charge on any atom is -0.382 e. The summed E-state index contributed by atoms with van der Waals surface area (Å²) >= 11 is 5.82. The molecule has 1 aliphatic carbocycles. The second-order valence-electron chi connectivity index (χ2n) is 5.92. The molecule has 0 aliphatic heterocycles. The molecular formula is C15H21ClN2O2. The molecule has 110 valence electrons. The van der Waals surface area contributed by atoms with Crippen LogP contribution in [0.2, 0.25) is 5.02 Å². The Morgan fingerprint density at radius 1 is 1.30 bits per heavy atom. The predicted octanol–water partition coefficient (Wildman–Crippen LogP) is 4.87. The fraction of sp³-hybridized carbons (Fsp3) is 0.600. The van der Waals surface area contributed by atoms with Gasteiger partial charge in [-0.15, -0.1) is 0 Å². The second-order valence-corrected chi connectivity index (χ2v) is 6.33. The van der Waals surface area contributed by atoms with Gasteiger partial charge < -0.3 is 5.32 Å². The van der Waals surface area contributed by atoms with Gasteiger partial charge in [0.25, 0.3) is 5.69 Å². The molecule has 1 aromatic carbocycles. The first-order chi connectivity index (χ1) is 9.47. The van der Waals surface area contributed by atoms with E-state index in [1.54, 1.807) is 6.07 Å². The van der Waals surface area contributed by atoms with E-state index in [0.717, 1.165) is 30.4 Å². The van der Waals surface area contributed by atoms with Crippen molar-refractivity contribution in [2.75, 3.05) is 5.32 Å². The summed E-state index contributed by atoms with van der Waals surface area (Å²) in [6, 6.07) is 5.33. The monoisotopic (exact) mass is 296 g/mol.